The lowest BCUT2D eigenvalue weighted by Gasteiger charge is -2.32. The van der Waals surface area contributed by atoms with E-state index in [1.165, 1.54) is 0 Å². The van der Waals surface area contributed by atoms with Gasteiger partial charge in [0.15, 0.2) is 0 Å². The topological polar surface area (TPSA) is 87.1 Å². The van der Waals surface area contributed by atoms with Gasteiger partial charge >= 0.3 is 5.97 Å². The van der Waals surface area contributed by atoms with Gasteiger partial charge in [-0.1, -0.05) is 35.8 Å². The summed E-state index contributed by atoms with van der Waals surface area (Å²) in [4.78, 5) is 15.1. The summed E-state index contributed by atoms with van der Waals surface area (Å²) in [6, 6.07) is 7.10. The first-order valence-electron chi connectivity index (χ1n) is 6.79. The van der Waals surface area contributed by atoms with Crippen LogP contribution in [-0.4, -0.2) is 25.7 Å². The number of hydrogen-bond acceptors (Lipinski definition) is 4. The number of esters is 1. The maximum atomic E-state index is 12.4. The van der Waals surface area contributed by atoms with Crippen molar-refractivity contribution in [3.8, 4) is 0 Å². The summed E-state index contributed by atoms with van der Waals surface area (Å²) >= 11 is 6.03. The number of hydrogen-bond donors (Lipinski definition) is 1. The van der Waals surface area contributed by atoms with E-state index in [1.807, 2.05) is 13.0 Å². The highest BCUT2D eigenvalue weighted by Gasteiger charge is 2.39. The predicted molar refractivity (Wildman–Crippen MR) is 82.1 cm³/mol. The Hall–Kier alpha value is -1.75. The molecule has 0 amide bonds. The van der Waals surface area contributed by atoms with Crippen molar-refractivity contribution in [1.82, 2.24) is 5.32 Å². The van der Waals surface area contributed by atoms with E-state index in [1.54, 1.807) is 25.1 Å². The second-order valence-electron chi connectivity index (χ2n) is 4.37. The minimum absolute atomic E-state index is 0.248. The van der Waals surface area contributed by atoms with Crippen LogP contribution >= 0.6 is 11.6 Å². The van der Waals surface area contributed by atoms with Crippen LogP contribution in [0.5, 0.6) is 0 Å². The largest absolute Gasteiger partial charge is 0.464 e. The number of azide groups is 1. The van der Waals surface area contributed by atoms with E-state index >= 15 is 0 Å². The lowest BCUT2D eigenvalue weighted by molar-refractivity contribution is -0.152. The molecule has 0 radical (unpaired) electrons. The smallest absolute Gasteiger partial charge is 0.330 e. The molecule has 0 aromatic heterocycles. The molecular formula is C14H19ClN4O2. The number of rotatable bonds is 8. The third-order valence-corrected chi connectivity index (χ3v) is 3.41. The van der Waals surface area contributed by atoms with Gasteiger partial charge in [-0.3, -0.25) is 5.32 Å². The molecule has 114 valence electrons. The second kappa shape index (κ2) is 8.52. The molecule has 0 aliphatic rings. The fourth-order valence-electron chi connectivity index (χ4n) is 2.14. The van der Waals surface area contributed by atoms with Crippen molar-refractivity contribution >= 4 is 17.6 Å². The lowest BCUT2D eigenvalue weighted by atomic mass is 9.87. The van der Waals surface area contributed by atoms with Gasteiger partial charge in [-0.2, -0.15) is 0 Å². The Kier molecular flexibility index (Phi) is 7.02. The molecule has 0 heterocycles. The zero-order chi connectivity index (χ0) is 15.7. The van der Waals surface area contributed by atoms with Gasteiger partial charge < -0.3 is 4.74 Å². The van der Waals surface area contributed by atoms with E-state index in [0.29, 0.717) is 24.6 Å². The molecule has 1 atom stereocenters. The van der Waals surface area contributed by atoms with Crippen LogP contribution in [-0.2, 0) is 15.1 Å². The zero-order valence-corrected chi connectivity index (χ0v) is 12.9. The normalized spacial score (nSPS) is 13.1. The molecule has 0 aliphatic carbocycles. The quantitative estimate of drug-likeness (QED) is 0.262. The Morgan fingerprint density at radius 3 is 2.86 bits per heavy atom. The Morgan fingerprint density at radius 2 is 2.29 bits per heavy atom. The van der Waals surface area contributed by atoms with Gasteiger partial charge in [-0.15, -0.1) is 0 Å². The van der Waals surface area contributed by atoms with Crippen LogP contribution in [0.1, 0.15) is 25.8 Å². The fourth-order valence-corrected chi connectivity index (χ4v) is 2.33. The minimum atomic E-state index is -0.994. The van der Waals surface area contributed by atoms with E-state index in [9.17, 15) is 4.79 Å². The molecule has 0 fully saturated rings. The Balaban J connectivity index is 3.12. The third kappa shape index (κ3) is 4.36. The summed E-state index contributed by atoms with van der Waals surface area (Å²) in [6.45, 7) is 4.55. The van der Waals surface area contributed by atoms with Crippen LogP contribution < -0.4 is 5.32 Å². The van der Waals surface area contributed by atoms with Crippen LogP contribution in [0.4, 0.5) is 0 Å². The van der Waals surface area contributed by atoms with Crippen LogP contribution in [0.2, 0.25) is 5.02 Å². The molecule has 0 bridgehead atoms. The summed E-state index contributed by atoms with van der Waals surface area (Å²) in [6.07, 6.45) is 0.489. The van der Waals surface area contributed by atoms with Gasteiger partial charge in [0.2, 0.25) is 0 Å². The summed E-state index contributed by atoms with van der Waals surface area (Å²) in [5.74, 6) is -0.365. The van der Waals surface area contributed by atoms with Crippen LogP contribution in [0, 0.1) is 0 Å². The van der Waals surface area contributed by atoms with E-state index < -0.39 is 5.54 Å². The third-order valence-electron chi connectivity index (χ3n) is 3.17. The number of carbonyl (C=O) groups is 1. The molecule has 6 nitrogen and oxygen atoms in total. The van der Waals surface area contributed by atoms with Gasteiger partial charge in [0, 0.05) is 23.0 Å². The highest BCUT2D eigenvalue weighted by atomic mass is 35.5. The molecule has 21 heavy (non-hydrogen) atoms. The molecular weight excluding hydrogens is 292 g/mol. The van der Waals surface area contributed by atoms with Crippen LogP contribution in [0.15, 0.2) is 29.4 Å². The first-order chi connectivity index (χ1) is 10.1. The average molecular weight is 311 g/mol. The number of nitrogens with one attached hydrogen (secondary N) is 1. The number of nitrogens with zero attached hydrogens (tertiary/aromatic N) is 3. The first kappa shape index (κ1) is 17.3. The molecule has 0 saturated carbocycles. The van der Waals surface area contributed by atoms with Crippen molar-refractivity contribution < 1.29 is 9.53 Å². The van der Waals surface area contributed by atoms with Crippen molar-refractivity contribution in [3.63, 3.8) is 0 Å². The highest BCUT2D eigenvalue weighted by molar-refractivity contribution is 6.30. The molecule has 0 spiro atoms. The van der Waals surface area contributed by atoms with E-state index in [0.717, 1.165) is 5.56 Å². The minimum Gasteiger partial charge on any atom is -0.464 e. The molecule has 7 heteroatoms. The molecule has 1 unspecified atom stereocenters. The molecule has 0 saturated heterocycles. The fraction of sp³-hybridized carbons (Fsp3) is 0.500. The standard InChI is InChI=1S/C14H19ClN4O2/c1-3-14(13(20)21-4-2,17-8-9-18-19-16)11-6-5-7-12(15)10-11/h5-7,10,17H,3-4,8-9H2,1-2H3. The number of ether oxygens (including phenoxy) is 1. The van der Waals surface area contributed by atoms with E-state index in [-0.39, 0.29) is 12.5 Å². The number of benzene rings is 1. The maximum Gasteiger partial charge on any atom is 0.330 e. The SMILES string of the molecule is CCOC(=O)C(CC)(NCCN=[N+]=[N-])c1cccc(Cl)c1. The second-order valence-corrected chi connectivity index (χ2v) is 4.81. The Morgan fingerprint density at radius 1 is 1.52 bits per heavy atom. The lowest BCUT2D eigenvalue weighted by Crippen LogP contribution is -2.50. The molecule has 1 aromatic carbocycles. The monoisotopic (exact) mass is 310 g/mol. The molecule has 1 aromatic rings. The van der Waals surface area contributed by atoms with Crippen molar-refractivity contribution in [2.75, 3.05) is 19.7 Å². The average Bonchev–Trinajstić information content (AvgIpc) is 2.48. The van der Waals surface area contributed by atoms with Crippen molar-refractivity contribution in [1.29, 1.82) is 0 Å². The Bertz CT molecular complexity index is 531. The molecule has 1 rings (SSSR count). The first-order valence-corrected chi connectivity index (χ1v) is 7.17. The van der Waals surface area contributed by atoms with Crippen molar-refractivity contribution in [3.05, 3.63) is 45.3 Å². The van der Waals surface area contributed by atoms with Gasteiger partial charge in [-0.25, -0.2) is 4.79 Å². The van der Waals surface area contributed by atoms with Gasteiger partial charge in [0.05, 0.1) is 6.61 Å². The molecule has 0 aliphatic heterocycles. The van der Waals surface area contributed by atoms with Gasteiger partial charge in [0.1, 0.15) is 5.54 Å². The highest BCUT2D eigenvalue weighted by Crippen LogP contribution is 2.28. The van der Waals surface area contributed by atoms with Crippen molar-refractivity contribution in [2.45, 2.75) is 25.8 Å². The van der Waals surface area contributed by atoms with Crippen LogP contribution in [0.3, 0.4) is 0 Å². The number of carbonyl (C=O) groups excluding carboxylic acids is 1. The molecule has 1 N–H and O–H groups in total. The number of halogens is 1. The summed E-state index contributed by atoms with van der Waals surface area (Å²) in [7, 11) is 0. The summed E-state index contributed by atoms with van der Waals surface area (Å²) in [5, 5.41) is 7.16. The Labute approximate surface area is 129 Å². The van der Waals surface area contributed by atoms with Crippen LogP contribution in [0.25, 0.3) is 10.4 Å². The van der Waals surface area contributed by atoms with Gasteiger partial charge in [0.25, 0.3) is 0 Å². The van der Waals surface area contributed by atoms with E-state index in [2.05, 4.69) is 15.3 Å². The summed E-state index contributed by atoms with van der Waals surface area (Å²) in [5.41, 5.74) is 8.06. The van der Waals surface area contributed by atoms with Crippen molar-refractivity contribution in [2.24, 2.45) is 5.11 Å². The predicted octanol–water partition coefficient (Wildman–Crippen LogP) is 3.41. The zero-order valence-electron chi connectivity index (χ0n) is 12.2. The maximum absolute atomic E-state index is 12.4. The van der Waals surface area contributed by atoms with E-state index in [4.69, 9.17) is 21.9 Å². The summed E-state index contributed by atoms with van der Waals surface area (Å²) < 4.78 is 5.20. The van der Waals surface area contributed by atoms with Gasteiger partial charge in [-0.05, 0) is 36.6 Å².